The van der Waals surface area contributed by atoms with Gasteiger partial charge in [0.05, 0.1) is 0 Å². The second-order valence-electron chi connectivity index (χ2n) is 5.32. The molecule has 14 heavy (non-hydrogen) atoms. The van der Waals surface area contributed by atoms with Gasteiger partial charge in [0.15, 0.2) is 0 Å². The molecule has 1 aromatic rings. The second kappa shape index (κ2) is 3.76. The summed E-state index contributed by atoms with van der Waals surface area (Å²) in [6.07, 6.45) is 6.67. The molecule has 1 aromatic carbocycles. The number of hydrogen-bond donors (Lipinski definition) is 0. The van der Waals surface area contributed by atoms with E-state index in [1.165, 1.54) is 32.1 Å². The number of rotatable bonds is 0. The van der Waals surface area contributed by atoms with Crippen LogP contribution >= 0.6 is 0 Å². The molecular weight excluding hydrogens is 168 g/mol. The van der Waals surface area contributed by atoms with Gasteiger partial charge in [-0.1, -0.05) is 44.5 Å². The molecule has 0 N–H and O–H groups in total. The SMILES string of the molecule is CC1(C)CCCCc2ccccc2C1. The Hall–Kier alpha value is -0.780. The van der Waals surface area contributed by atoms with E-state index in [-0.39, 0.29) is 0 Å². The molecule has 0 amide bonds. The summed E-state index contributed by atoms with van der Waals surface area (Å²) in [6.45, 7) is 4.80. The Kier molecular flexibility index (Phi) is 2.62. The molecular formula is C14H20. The summed E-state index contributed by atoms with van der Waals surface area (Å²) in [5.41, 5.74) is 3.66. The molecule has 0 radical (unpaired) electrons. The van der Waals surface area contributed by atoms with Gasteiger partial charge < -0.3 is 0 Å². The van der Waals surface area contributed by atoms with Gasteiger partial charge in [-0.25, -0.2) is 0 Å². The van der Waals surface area contributed by atoms with Crippen LogP contribution in [0.2, 0.25) is 0 Å². The average Bonchev–Trinajstić information content (AvgIpc) is 2.11. The van der Waals surface area contributed by atoms with Gasteiger partial charge in [0.1, 0.15) is 0 Å². The molecule has 0 saturated carbocycles. The van der Waals surface area contributed by atoms with Gasteiger partial charge in [0, 0.05) is 0 Å². The summed E-state index contributed by atoms with van der Waals surface area (Å²) in [6, 6.07) is 8.96. The molecule has 0 aliphatic heterocycles. The van der Waals surface area contributed by atoms with Crippen molar-refractivity contribution in [3.8, 4) is 0 Å². The van der Waals surface area contributed by atoms with Crippen LogP contribution in [-0.2, 0) is 12.8 Å². The number of benzene rings is 1. The first-order valence-electron chi connectivity index (χ1n) is 5.74. The third-order valence-electron chi connectivity index (χ3n) is 3.34. The van der Waals surface area contributed by atoms with Gasteiger partial charge in [-0.15, -0.1) is 0 Å². The van der Waals surface area contributed by atoms with Crippen molar-refractivity contribution in [3.05, 3.63) is 35.4 Å². The van der Waals surface area contributed by atoms with Crippen molar-refractivity contribution < 1.29 is 0 Å². The highest BCUT2D eigenvalue weighted by Crippen LogP contribution is 2.32. The van der Waals surface area contributed by atoms with Crippen LogP contribution in [-0.4, -0.2) is 0 Å². The van der Waals surface area contributed by atoms with E-state index in [1.807, 2.05) is 0 Å². The first kappa shape index (κ1) is 9.76. The lowest BCUT2D eigenvalue weighted by Crippen LogP contribution is -2.18. The largest absolute Gasteiger partial charge is 0.0620 e. The number of aryl methyl sites for hydroxylation is 1. The standard InChI is InChI=1S/C14H20/c1-14(2)10-6-5-8-12-7-3-4-9-13(12)11-14/h3-4,7,9H,5-6,8,10-11H2,1-2H3. The van der Waals surface area contributed by atoms with E-state index in [0.717, 1.165) is 0 Å². The molecule has 76 valence electrons. The highest BCUT2D eigenvalue weighted by Gasteiger charge is 2.21. The van der Waals surface area contributed by atoms with Gasteiger partial charge in [-0.3, -0.25) is 0 Å². The zero-order chi connectivity index (χ0) is 10.0. The predicted molar refractivity (Wildman–Crippen MR) is 61.5 cm³/mol. The molecule has 0 aromatic heterocycles. The van der Waals surface area contributed by atoms with Crippen molar-refractivity contribution in [1.29, 1.82) is 0 Å². The summed E-state index contributed by atoms with van der Waals surface area (Å²) in [5.74, 6) is 0. The highest BCUT2D eigenvalue weighted by atomic mass is 14.3. The van der Waals surface area contributed by atoms with Crippen LogP contribution in [0.25, 0.3) is 0 Å². The van der Waals surface area contributed by atoms with Gasteiger partial charge in [-0.05, 0) is 42.2 Å². The maximum Gasteiger partial charge on any atom is -0.0225 e. The van der Waals surface area contributed by atoms with Gasteiger partial charge >= 0.3 is 0 Å². The fraction of sp³-hybridized carbons (Fsp3) is 0.571. The molecule has 0 fully saturated rings. The molecule has 2 rings (SSSR count). The topological polar surface area (TPSA) is 0 Å². The highest BCUT2D eigenvalue weighted by molar-refractivity contribution is 5.28. The minimum atomic E-state index is 0.497. The lowest BCUT2D eigenvalue weighted by molar-refractivity contribution is 0.312. The Labute approximate surface area is 87.3 Å². The Morgan fingerprint density at radius 1 is 1.00 bits per heavy atom. The van der Waals surface area contributed by atoms with E-state index in [0.29, 0.717) is 5.41 Å². The lowest BCUT2D eigenvalue weighted by atomic mass is 9.77. The second-order valence-corrected chi connectivity index (χ2v) is 5.32. The third-order valence-corrected chi connectivity index (χ3v) is 3.34. The quantitative estimate of drug-likeness (QED) is 0.577. The number of hydrogen-bond acceptors (Lipinski definition) is 0. The third kappa shape index (κ3) is 2.17. The molecule has 0 bridgehead atoms. The molecule has 0 heterocycles. The molecule has 0 unspecified atom stereocenters. The van der Waals surface area contributed by atoms with Crippen molar-refractivity contribution in [3.63, 3.8) is 0 Å². The van der Waals surface area contributed by atoms with Crippen LogP contribution in [0.15, 0.2) is 24.3 Å². The van der Waals surface area contributed by atoms with E-state index in [2.05, 4.69) is 38.1 Å². The van der Waals surface area contributed by atoms with E-state index < -0.39 is 0 Å². The fourth-order valence-corrected chi connectivity index (χ4v) is 2.50. The van der Waals surface area contributed by atoms with Crippen molar-refractivity contribution >= 4 is 0 Å². The van der Waals surface area contributed by atoms with Crippen LogP contribution < -0.4 is 0 Å². The smallest absolute Gasteiger partial charge is 0.0225 e. The van der Waals surface area contributed by atoms with Crippen molar-refractivity contribution in [2.75, 3.05) is 0 Å². The van der Waals surface area contributed by atoms with Gasteiger partial charge in [-0.2, -0.15) is 0 Å². The molecule has 0 nitrogen and oxygen atoms in total. The van der Waals surface area contributed by atoms with E-state index in [1.54, 1.807) is 11.1 Å². The monoisotopic (exact) mass is 188 g/mol. The summed E-state index contributed by atoms with van der Waals surface area (Å²) < 4.78 is 0. The zero-order valence-electron chi connectivity index (χ0n) is 9.34. The van der Waals surface area contributed by atoms with Crippen LogP contribution in [0.5, 0.6) is 0 Å². The Morgan fingerprint density at radius 3 is 2.50 bits per heavy atom. The maximum atomic E-state index is 2.40. The van der Waals surface area contributed by atoms with E-state index in [4.69, 9.17) is 0 Å². The number of fused-ring (bicyclic) bond motifs is 1. The van der Waals surface area contributed by atoms with Gasteiger partial charge in [0.2, 0.25) is 0 Å². The lowest BCUT2D eigenvalue weighted by Gasteiger charge is -2.28. The predicted octanol–water partition coefficient (Wildman–Crippen LogP) is 3.98. The molecule has 0 saturated heterocycles. The summed E-state index contributed by atoms with van der Waals surface area (Å²) in [5, 5.41) is 0. The fourth-order valence-electron chi connectivity index (χ4n) is 2.50. The van der Waals surface area contributed by atoms with Crippen LogP contribution in [0.3, 0.4) is 0 Å². The Morgan fingerprint density at radius 2 is 1.71 bits per heavy atom. The summed E-state index contributed by atoms with van der Waals surface area (Å²) >= 11 is 0. The molecule has 1 aliphatic carbocycles. The van der Waals surface area contributed by atoms with E-state index in [9.17, 15) is 0 Å². The molecule has 0 atom stereocenters. The van der Waals surface area contributed by atoms with Crippen LogP contribution in [0.1, 0.15) is 44.2 Å². The zero-order valence-corrected chi connectivity index (χ0v) is 9.34. The van der Waals surface area contributed by atoms with Crippen molar-refractivity contribution in [1.82, 2.24) is 0 Å². The molecule has 0 heteroatoms. The average molecular weight is 188 g/mol. The summed E-state index contributed by atoms with van der Waals surface area (Å²) in [4.78, 5) is 0. The minimum absolute atomic E-state index is 0.497. The Bertz CT molecular complexity index is 310. The summed E-state index contributed by atoms with van der Waals surface area (Å²) in [7, 11) is 0. The minimum Gasteiger partial charge on any atom is -0.0620 e. The molecule has 1 aliphatic rings. The first-order valence-corrected chi connectivity index (χ1v) is 5.74. The normalized spacial score (nSPS) is 20.7. The van der Waals surface area contributed by atoms with Crippen molar-refractivity contribution in [2.24, 2.45) is 5.41 Å². The van der Waals surface area contributed by atoms with Crippen molar-refractivity contribution in [2.45, 2.75) is 46.0 Å². The maximum absolute atomic E-state index is 2.40. The van der Waals surface area contributed by atoms with Gasteiger partial charge in [0.25, 0.3) is 0 Å². The van der Waals surface area contributed by atoms with Crippen LogP contribution in [0.4, 0.5) is 0 Å². The molecule has 0 spiro atoms. The Balaban J connectivity index is 2.30. The van der Waals surface area contributed by atoms with E-state index >= 15 is 0 Å². The first-order chi connectivity index (χ1) is 6.67. The van der Waals surface area contributed by atoms with Crippen LogP contribution in [0, 0.1) is 5.41 Å².